The van der Waals surface area contributed by atoms with Crippen molar-refractivity contribution in [2.45, 2.75) is 19.8 Å². The van der Waals surface area contributed by atoms with E-state index in [9.17, 15) is 14.9 Å². The molecule has 2 heterocycles. The lowest BCUT2D eigenvalue weighted by Gasteiger charge is -2.32. The lowest BCUT2D eigenvalue weighted by atomic mass is 9.98. The Kier molecular flexibility index (Phi) is 3.15. The summed E-state index contributed by atoms with van der Waals surface area (Å²) < 4.78 is 37.7. The van der Waals surface area contributed by atoms with Crippen molar-refractivity contribution in [3.05, 3.63) is 22.2 Å². The Balaban J connectivity index is 2.49. The van der Waals surface area contributed by atoms with E-state index in [0.717, 1.165) is 12.1 Å². The molecule has 2 N–H and O–H groups in total. The number of hydrogen-bond donors (Lipinski definition) is 1. The standard InChI is InChI=1S/C13H18N4O4/c1-2-21-13(18)9-4-3-7-16(8-9)11-6-5-10(17(19)20)12(14)15-11/h5-6,9H,2-4,7-8H2,1H3,(H2,14,15)/i7D2,8D2. The predicted octanol–water partition coefficient (Wildman–Crippen LogP) is 1.35. The van der Waals surface area contributed by atoms with Gasteiger partial charge in [0.05, 0.1) is 20.2 Å². The van der Waals surface area contributed by atoms with Crippen LogP contribution in [0.25, 0.3) is 0 Å². The molecule has 1 unspecified atom stereocenters. The van der Waals surface area contributed by atoms with Crippen molar-refractivity contribution in [1.82, 2.24) is 4.98 Å². The van der Waals surface area contributed by atoms with E-state index < -0.39 is 41.3 Å². The molecule has 1 fully saturated rings. The molecule has 0 saturated carbocycles. The number of nitrogens with two attached hydrogens (primary N) is 1. The van der Waals surface area contributed by atoms with Crippen LogP contribution < -0.4 is 10.6 Å². The minimum Gasteiger partial charge on any atom is -0.466 e. The molecule has 2 rings (SSSR count). The topological polar surface area (TPSA) is 112 Å². The van der Waals surface area contributed by atoms with Crippen molar-refractivity contribution in [3.63, 3.8) is 0 Å². The van der Waals surface area contributed by atoms with Gasteiger partial charge in [-0.25, -0.2) is 4.98 Å². The average molecular weight is 298 g/mol. The van der Waals surface area contributed by atoms with E-state index in [-0.39, 0.29) is 25.3 Å². The molecule has 0 spiro atoms. The molecule has 8 heteroatoms. The Bertz CT molecular complexity index is 701. The number of pyridine rings is 1. The first kappa shape index (κ1) is 10.4. The molecular formula is C13H18N4O4. The van der Waals surface area contributed by atoms with Crippen LogP contribution >= 0.6 is 0 Å². The van der Waals surface area contributed by atoms with Crippen LogP contribution in [0.5, 0.6) is 0 Å². The van der Waals surface area contributed by atoms with Gasteiger partial charge in [0.2, 0.25) is 5.82 Å². The van der Waals surface area contributed by atoms with Crippen molar-refractivity contribution >= 4 is 23.3 Å². The maximum atomic E-state index is 12.1. The number of carbonyl (C=O) groups excluding carboxylic acids is 1. The summed E-state index contributed by atoms with van der Waals surface area (Å²) in [5.41, 5.74) is 5.06. The lowest BCUT2D eigenvalue weighted by molar-refractivity contribution is -0.384. The number of hydrogen-bond acceptors (Lipinski definition) is 7. The smallest absolute Gasteiger partial charge is 0.311 e. The number of aromatic nitrogens is 1. The molecule has 0 amide bonds. The van der Waals surface area contributed by atoms with E-state index in [1.165, 1.54) is 0 Å². The Morgan fingerprint density at radius 1 is 1.71 bits per heavy atom. The minimum absolute atomic E-state index is 0.0439. The quantitative estimate of drug-likeness (QED) is 0.507. The fourth-order valence-electron chi connectivity index (χ4n) is 1.88. The summed E-state index contributed by atoms with van der Waals surface area (Å²) in [4.78, 5) is 26.6. The zero-order valence-electron chi connectivity index (χ0n) is 15.4. The number of esters is 1. The van der Waals surface area contributed by atoms with Crippen molar-refractivity contribution < 1.29 is 19.9 Å². The number of nitro groups is 1. The van der Waals surface area contributed by atoms with Crippen molar-refractivity contribution in [1.29, 1.82) is 0 Å². The molecule has 0 bridgehead atoms. The maximum absolute atomic E-state index is 12.1. The molecule has 0 radical (unpaired) electrons. The number of ether oxygens (including phenoxy) is 1. The Morgan fingerprint density at radius 3 is 3.10 bits per heavy atom. The van der Waals surface area contributed by atoms with E-state index in [0.29, 0.717) is 4.90 Å². The first-order valence-electron chi connectivity index (χ1n) is 8.40. The van der Waals surface area contributed by atoms with E-state index in [2.05, 4.69) is 4.98 Å². The first-order valence-corrected chi connectivity index (χ1v) is 6.40. The second-order valence-electron chi connectivity index (χ2n) is 4.30. The van der Waals surface area contributed by atoms with Crippen molar-refractivity contribution in [2.75, 3.05) is 30.2 Å². The largest absolute Gasteiger partial charge is 0.466 e. The van der Waals surface area contributed by atoms with Crippen LogP contribution in [-0.2, 0) is 9.53 Å². The van der Waals surface area contributed by atoms with Gasteiger partial charge >= 0.3 is 11.7 Å². The van der Waals surface area contributed by atoms with E-state index in [1.54, 1.807) is 6.92 Å². The first-order chi connectivity index (χ1) is 11.5. The van der Waals surface area contributed by atoms with Gasteiger partial charge in [-0.3, -0.25) is 14.9 Å². The molecule has 21 heavy (non-hydrogen) atoms. The van der Waals surface area contributed by atoms with Gasteiger partial charge in [0, 0.05) is 21.8 Å². The van der Waals surface area contributed by atoms with Gasteiger partial charge in [-0.05, 0) is 25.8 Å². The maximum Gasteiger partial charge on any atom is 0.311 e. The lowest BCUT2D eigenvalue weighted by Crippen LogP contribution is -2.39. The van der Waals surface area contributed by atoms with E-state index in [1.807, 2.05) is 0 Å². The summed E-state index contributed by atoms with van der Waals surface area (Å²) in [6.07, 6.45) is -0.188. The molecule has 1 aromatic heterocycles. The van der Waals surface area contributed by atoms with Gasteiger partial charge < -0.3 is 15.4 Å². The Hall–Kier alpha value is -2.38. The summed E-state index contributed by atoms with van der Waals surface area (Å²) in [6, 6.07) is 2.13. The molecule has 114 valence electrons. The minimum atomic E-state index is -2.45. The third kappa shape index (κ3) is 3.39. The highest BCUT2D eigenvalue weighted by molar-refractivity contribution is 5.73. The highest BCUT2D eigenvalue weighted by Crippen LogP contribution is 2.26. The van der Waals surface area contributed by atoms with E-state index in [4.69, 9.17) is 16.0 Å². The van der Waals surface area contributed by atoms with Gasteiger partial charge in [0.1, 0.15) is 5.82 Å². The molecule has 0 aliphatic carbocycles. The number of rotatable bonds is 4. The summed E-state index contributed by atoms with van der Waals surface area (Å²) in [6.45, 7) is -2.96. The van der Waals surface area contributed by atoms with Gasteiger partial charge in [-0.1, -0.05) is 0 Å². The second kappa shape index (κ2) is 6.38. The number of nitrogens with zero attached hydrogens (tertiary/aromatic N) is 3. The average Bonchev–Trinajstić information content (AvgIpc) is 2.45. The molecule has 1 aromatic rings. The van der Waals surface area contributed by atoms with Crippen LogP contribution in [0.1, 0.15) is 25.2 Å². The fourth-order valence-corrected chi connectivity index (χ4v) is 1.88. The highest BCUT2D eigenvalue weighted by Gasteiger charge is 2.28. The number of piperidine rings is 1. The third-order valence-electron chi connectivity index (χ3n) is 2.87. The zero-order valence-corrected chi connectivity index (χ0v) is 11.4. The fraction of sp³-hybridized carbons (Fsp3) is 0.538. The molecule has 1 saturated heterocycles. The van der Waals surface area contributed by atoms with E-state index >= 15 is 0 Å². The normalized spacial score (nSPS) is 26.0. The SMILES string of the molecule is [2H]C1([2H])CCC(C(=O)OCC)C([2H])([2H])N1c1ccc([N+](=O)[O-])c(N)n1. The van der Waals surface area contributed by atoms with Gasteiger partial charge in [0.15, 0.2) is 0 Å². The summed E-state index contributed by atoms with van der Waals surface area (Å²) in [7, 11) is 0. The monoisotopic (exact) mass is 298 g/mol. The van der Waals surface area contributed by atoms with Crippen LogP contribution in [0.3, 0.4) is 0 Å². The van der Waals surface area contributed by atoms with Crippen molar-refractivity contribution in [2.24, 2.45) is 5.92 Å². The van der Waals surface area contributed by atoms with Gasteiger partial charge in [0.25, 0.3) is 0 Å². The van der Waals surface area contributed by atoms with Crippen LogP contribution in [0, 0.1) is 16.0 Å². The number of anilines is 2. The summed E-state index contributed by atoms with van der Waals surface area (Å²) in [5.74, 6) is -2.70. The Labute approximate surface area is 127 Å². The molecule has 8 nitrogen and oxygen atoms in total. The summed E-state index contributed by atoms with van der Waals surface area (Å²) >= 11 is 0. The highest BCUT2D eigenvalue weighted by atomic mass is 16.6. The molecular weight excluding hydrogens is 276 g/mol. The number of carbonyl (C=O) groups is 1. The number of nitrogen functional groups attached to an aromatic ring is 1. The molecule has 1 aliphatic rings. The summed E-state index contributed by atoms with van der Waals surface area (Å²) in [5, 5.41) is 10.8. The van der Waals surface area contributed by atoms with Crippen LogP contribution in [0.4, 0.5) is 17.3 Å². The van der Waals surface area contributed by atoms with Gasteiger partial charge in [-0.15, -0.1) is 0 Å². The molecule has 1 aliphatic heterocycles. The van der Waals surface area contributed by atoms with Gasteiger partial charge in [-0.2, -0.15) is 0 Å². The zero-order chi connectivity index (χ0) is 19.0. The van der Waals surface area contributed by atoms with Crippen LogP contribution in [0.2, 0.25) is 0 Å². The van der Waals surface area contributed by atoms with Crippen molar-refractivity contribution in [3.8, 4) is 0 Å². The molecule has 1 atom stereocenters. The Morgan fingerprint density at radius 2 is 2.48 bits per heavy atom. The third-order valence-corrected chi connectivity index (χ3v) is 2.87. The van der Waals surface area contributed by atoms with Crippen LogP contribution in [-0.4, -0.2) is 35.5 Å². The predicted molar refractivity (Wildman–Crippen MR) is 76.9 cm³/mol. The second-order valence-corrected chi connectivity index (χ2v) is 4.30. The molecule has 0 aromatic carbocycles. The van der Waals surface area contributed by atoms with Crippen LogP contribution in [0.15, 0.2) is 12.1 Å².